The second-order valence-electron chi connectivity index (χ2n) is 5.61. The Hall–Kier alpha value is -3.70. The highest BCUT2D eigenvalue weighted by Crippen LogP contribution is 2.26. The summed E-state index contributed by atoms with van der Waals surface area (Å²) in [7, 11) is 0. The number of rotatable bonds is 5. The molecular weight excluding hydrogens is 426 g/mol. The van der Waals surface area contributed by atoms with Gasteiger partial charge < -0.3 is 9.73 Å². The predicted octanol–water partition coefficient (Wildman–Crippen LogP) is 5.16. The van der Waals surface area contributed by atoms with Crippen molar-refractivity contribution in [1.29, 1.82) is 5.26 Å². The second kappa shape index (κ2) is 8.33. The second-order valence-corrected chi connectivity index (χ2v) is 6.46. The quantitative estimate of drug-likeness (QED) is 0.256. The van der Waals surface area contributed by atoms with E-state index in [1.54, 1.807) is 42.5 Å². The van der Waals surface area contributed by atoms with Crippen LogP contribution in [0.5, 0.6) is 0 Å². The topological polar surface area (TPSA) is 109 Å². The van der Waals surface area contributed by atoms with Crippen LogP contribution in [0.3, 0.4) is 0 Å². The Kier molecular flexibility index (Phi) is 5.67. The molecule has 0 bridgehead atoms. The van der Waals surface area contributed by atoms with Gasteiger partial charge in [-0.1, -0.05) is 12.1 Å². The van der Waals surface area contributed by atoms with Crippen LogP contribution in [-0.2, 0) is 4.79 Å². The number of nitrogens with one attached hydrogen (secondary N) is 1. The molecule has 0 radical (unpaired) electrons. The molecule has 8 heteroatoms. The highest BCUT2D eigenvalue weighted by molar-refractivity contribution is 9.10. The third kappa shape index (κ3) is 4.34. The predicted molar refractivity (Wildman–Crippen MR) is 107 cm³/mol. The summed E-state index contributed by atoms with van der Waals surface area (Å²) in [4.78, 5) is 22.6. The molecule has 1 heterocycles. The third-order valence-electron chi connectivity index (χ3n) is 3.76. The Morgan fingerprint density at radius 1 is 1.14 bits per heavy atom. The number of carbonyl (C=O) groups is 1. The number of nitro benzene ring substituents is 1. The monoisotopic (exact) mass is 437 g/mol. The van der Waals surface area contributed by atoms with E-state index in [0.29, 0.717) is 27.2 Å². The zero-order chi connectivity index (χ0) is 20.1. The number of para-hydroxylation sites is 1. The average Bonchev–Trinajstić information content (AvgIpc) is 3.16. The molecule has 0 aliphatic carbocycles. The minimum Gasteiger partial charge on any atom is -0.457 e. The van der Waals surface area contributed by atoms with Crippen molar-refractivity contribution in [2.24, 2.45) is 0 Å². The van der Waals surface area contributed by atoms with Gasteiger partial charge in [-0.3, -0.25) is 14.9 Å². The first-order valence-electron chi connectivity index (χ1n) is 8.00. The van der Waals surface area contributed by atoms with Gasteiger partial charge in [0.05, 0.1) is 10.6 Å². The van der Waals surface area contributed by atoms with E-state index in [-0.39, 0.29) is 11.3 Å². The van der Waals surface area contributed by atoms with Crippen LogP contribution in [0, 0.1) is 21.4 Å². The molecule has 1 N–H and O–H groups in total. The SMILES string of the molecule is N#C/C(=C\c1ccc(-c2ccc([N+](=O)[O-])cc2)o1)C(=O)Nc1ccccc1Br. The molecule has 0 atom stereocenters. The van der Waals surface area contributed by atoms with Crippen molar-refractivity contribution >= 4 is 39.3 Å². The number of nitro groups is 1. The maximum atomic E-state index is 12.4. The van der Waals surface area contributed by atoms with Gasteiger partial charge >= 0.3 is 0 Å². The van der Waals surface area contributed by atoms with Gasteiger partial charge in [0.25, 0.3) is 11.6 Å². The first kappa shape index (κ1) is 19.1. The standard InChI is InChI=1S/C20H12BrN3O4/c21-17-3-1-2-4-18(17)23-20(25)14(12-22)11-16-9-10-19(28-16)13-5-7-15(8-6-13)24(26)27/h1-11H,(H,23,25)/b14-11+. The Balaban J connectivity index is 1.80. The number of nitrogens with zero attached hydrogens (tertiary/aromatic N) is 2. The molecule has 0 spiro atoms. The lowest BCUT2D eigenvalue weighted by molar-refractivity contribution is -0.384. The fourth-order valence-electron chi connectivity index (χ4n) is 2.38. The van der Waals surface area contributed by atoms with Gasteiger partial charge in [0.15, 0.2) is 0 Å². The molecule has 1 aromatic heterocycles. The third-order valence-corrected chi connectivity index (χ3v) is 4.45. The van der Waals surface area contributed by atoms with Crippen molar-refractivity contribution in [3.05, 3.63) is 86.6 Å². The van der Waals surface area contributed by atoms with Gasteiger partial charge in [-0.15, -0.1) is 0 Å². The van der Waals surface area contributed by atoms with Crippen LogP contribution in [0.4, 0.5) is 11.4 Å². The Bertz CT molecular complexity index is 1110. The summed E-state index contributed by atoms with van der Waals surface area (Å²) in [5.41, 5.74) is 1.03. The van der Waals surface area contributed by atoms with E-state index in [9.17, 15) is 20.2 Å². The summed E-state index contributed by atoms with van der Waals surface area (Å²) in [6.07, 6.45) is 1.33. The number of hydrogen-bond acceptors (Lipinski definition) is 5. The lowest BCUT2D eigenvalue weighted by Crippen LogP contribution is -2.13. The minimum absolute atomic E-state index is 0.0223. The molecule has 0 aliphatic rings. The highest BCUT2D eigenvalue weighted by Gasteiger charge is 2.13. The summed E-state index contributed by atoms with van der Waals surface area (Å²) in [6, 6.07) is 18.1. The van der Waals surface area contributed by atoms with Gasteiger partial charge in [0.1, 0.15) is 23.2 Å². The maximum Gasteiger partial charge on any atom is 0.269 e. The van der Waals surface area contributed by atoms with Crippen molar-refractivity contribution in [1.82, 2.24) is 0 Å². The van der Waals surface area contributed by atoms with Crippen molar-refractivity contribution in [2.45, 2.75) is 0 Å². The zero-order valence-electron chi connectivity index (χ0n) is 14.3. The summed E-state index contributed by atoms with van der Waals surface area (Å²) in [5, 5.41) is 22.7. The van der Waals surface area contributed by atoms with Crippen LogP contribution in [-0.4, -0.2) is 10.8 Å². The van der Waals surface area contributed by atoms with E-state index in [2.05, 4.69) is 21.2 Å². The largest absolute Gasteiger partial charge is 0.457 e. The zero-order valence-corrected chi connectivity index (χ0v) is 15.8. The number of halogens is 1. The van der Waals surface area contributed by atoms with Gasteiger partial charge in [-0.2, -0.15) is 5.26 Å². The summed E-state index contributed by atoms with van der Waals surface area (Å²) < 4.78 is 6.33. The van der Waals surface area contributed by atoms with Gasteiger partial charge in [0, 0.05) is 28.2 Å². The number of furan rings is 1. The van der Waals surface area contributed by atoms with Gasteiger partial charge in [-0.05, 0) is 52.3 Å². The summed E-state index contributed by atoms with van der Waals surface area (Å²) in [5.74, 6) is 0.208. The number of amides is 1. The average molecular weight is 438 g/mol. The fourth-order valence-corrected chi connectivity index (χ4v) is 2.76. The van der Waals surface area contributed by atoms with Crippen LogP contribution in [0.1, 0.15) is 5.76 Å². The van der Waals surface area contributed by atoms with Crippen LogP contribution in [0.2, 0.25) is 0 Å². The highest BCUT2D eigenvalue weighted by atomic mass is 79.9. The molecule has 0 fully saturated rings. The number of non-ortho nitro benzene ring substituents is 1. The Morgan fingerprint density at radius 3 is 2.50 bits per heavy atom. The molecule has 138 valence electrons. The maximum absolute atomic E-state index is 12.4. The fraction of sp³-hybridized carbons (Fsp3) is 0. The van der Waals surface area contributed by atoms with Crippen LogP contribution < -0.4 is 5.32 Å². The van der Waals surface area contributed by atoms with E-state index in [4.69, 9.17) is 4.42 Å². The molecule has 3 rings (SSSR count). The lowest BCUT2D eigenvalue weighted by Gasteiger charge is -2.05. The molecule has 7 nitrogen and oxygen atoms in total. The molecule has 3 aromatic rings. The molecule has 2 aromatic carbocycles. The molecule has 0 unspecified atom stereocenters. The first-order chi connectivity index (χ1) is 13.5. The van der Waals surface area contributed by atoms with Crippen LogP contribution in [0.25, 0.3) is 17.4 Å². The van der Waals surface area contributed by atoms with E-state index < -0.39 is 10.8 Å². The van der Waals surface area contributed by atoms with Crippen molar-refractivity contribution in [2.75, 3.05) is 5.32 Å². The van der Waals surface area contributed by atoms with E-state index in [0.717, 1.165) is 0 Å². The van der Waals surface area contributed by atoms with Crippen molar-refractivity contribution in [3.8, 4) is 17.4 Å². The smallest absolute Gasteiger partial charge is 0.269 e. The lowest BCUT2D eigenvalue weighted by atomic mass is 10.1. The Morgan fingerprint density at radius 2 is 1.86 bits per heavy atom. The van der Waals surface area contributed by atoms with Gasteiger partial charge in [0.2, 0.25) is 0 Å². The minimum atomic E-state index is -0.567. The number of anilines is 1. The van der Waals surface area contributed by atoms with Gasteiger partial charge in [-0.25, -0.2) is 0 Å². The Labute approximate surface area is 168 Å². The van der Waals surface area contributed by atoms with Crippen molar-refractivity contribution in [3.63, 3.8) is 0 Å². The molecule has 0 saturated heterocycles. The van der Waals surface area contributed by atoms with E-state index in [1.165, 1.54) is 18.2 Å². The molecule has 0 saturated carbocycles. The number of benzene rings is 2. The molecule has 0 aliphatic heterocycles. The number of nitriles is 1. The summed E-state index contributed by atoms with van der Waals surface area (Å²) in [6.45, 7) is 0. The molecule has 1 amide bonds. The number of carbonyl (C=O) groups excluding carboxylic acids is 1. The normalized spacial score (nSPS) is 10.9. The number of hydrogen-bond donors (Lipinski definition) is 1. The molecule has 28 heavy (non-hydrogen) atoms. The van der Waals surface area contributed by atoms with E-state index >= 15 is 0 Å². The molecular formula is C20H12BrN3O4. The van der Waals surface area contributed by atoms with E-state index in [1.807, 2.05) is 12.1 Å². The first-order valence-corrected chi connectivity index (χ1v) is 8.79. The van der Waals surface area contributed by atoms with Crippen molar-refractivity contribution < 1.29 is 14.1 Å². The summed E-state index contributed by atoms with van der Waals surface area (Å²) >= 11 is 3.33. The van der Waals surface area contributed by atoms with Crippen LogP contribution in [0.15, 0.2) is 75.1 Å². The van der Waals surface area contributed by atoms with Crippen LogP contribution >= 0.6 is 15.9 Å².